The van der Waals surface area contributed by atoms with Crippen molar-refractivity contribution in [1.29, 1.82) is 0 Å². The molecule has 0 bridgehead atoms. The average molecular weight is 239 g/mol. The largest absolute Gasteiger partial charge is 0.459 e. The van der Waals surface area contributed by atoms with Gasteiger partial charge in [-0.15, -0.1) is 10.2 Å². The van der Waals surface area contributed by atoms with E-state index in [-0.39, 0.29) is 0 Å². The Morgan fingerprint density at radius 1 is 1.38 bits per heavy atom. The normalized spacial score (nSPS) is 11.2. The fraction of sp³-hybridized carbons (Fsp3) is 0.400. The summed E-state index contributed by atoms with van der Waals surface area (Å²) in [4.78, 5) is 2.11. The summed E-state index contributed by atoms with van der Waals surface area (Å²) in [7, 11) is 4.06. The van der Waals surface area contributed by atoms with Gasteiger partial charge in [0.1, 0.15) is 0 Å². The maximum Gasteiger partial charge on any atom is 0.284 e. The molecular weight excluding hydrogens is 226 g/mol. The molecule has 0 fully saturated rings. The second-order valence-electron chi connectivity index (χ2n) is 3.50. The van der Waals surface area contributed by atoms with E-state index in [1.807, 2.05) is 14.1 Å². The van der Waals surface area contributed by atoms with Gasteiger partial charge in [-0.3, -0.25) is 0 Å². The van der Waals surface area contributed by atoms with Crippen LogP contribution in [0.2, 0.25) is 0 Å². The van der Waals surface area contributed by atoms with Crippen molar-refractivity contribution in [2.45, 2.75) is 5.22 Å². The molecule has 2 aromatic heterocycles. The lowest BCUT2D eigenvalue weighted by Gasteiger charge is -2.06. The molecule has 6 heteroatoms. The van der Waals surface area contributed by atoms with Crippen LogP contribution in [0.3, 0.4) is 0 Å². The molecule has 0 unspecified atom stereocenters. The van der Waals surface area contributed by atoms with E-state index in [4.69, 9.17) is 8.83 Å². The summed E-state index contributed by atoms with van der Waals surface area (Å²) in [5, 5.41) is 8.43. The first-order chi connectivity index (χ1) is 7.75. The third-order valence-electron chi connectivity index (χ3n) is 1.90. The molecule has 0 saturated heterocycles. The smallest absolute Gasteiger partial charge is 0.284 e. The summed E-state index contributed by atoms with van der Waals surface area (Å²) in [6, 6.07) is 3.58. The van der Waals surface area contributed by atoms with E-state index in [1.54, 1.807) is 30.2 Å². The molecule has 0 spiro atoms. The van der Waals surface area contributed by atoms with Gasteiger partial charge in [-0.2, -0.15) is 0 Å². The third kappa shape index (κ3) is 2.86. The maximum absolute atomic E-state index is 5.44. The number of hydrogen-bond donors (Lipinski definition) is 0. The predicted octanol–water partition coefficient (Wildman–Crippen LogP) is 1.98. The van der Waals surface area contributed by atoms with E-state index in [2.05, 4.69) is 15.1 Å². The van der Waals surface area contributed by atoms with Crippen LogP contribution in [0.4, 0.5) is 0 Å². The summed E-state index contributed by atoms with van der Waals surface area (Å²) in [5.41, 5.74) is 0. The Bertz CT molecular complexity index is 425. The molecule has 0 saturated carbocycles. The van der Waals surface area contributed by atoms with Gasteiger partial charge < -0.3 is 13.7 Å². The van der Waals surface area contributed by atoms with Crippen LogP contribution in [0.15, 0.2) is 32.5 Å². The number of rotatable bonds is 5. The van der Waals surface area contributed by atoms with Crippen molar-refractivity contribution in [3.8, 4) is 11.7 Å². The molecule has 16 heavy (non-hydrogen) atoms. The summed E-state index contributed by atoms with van der Waals surface area (Å²) in [6.45, 7) is 0.975. The van der Waals surface area contributed by atoms with Crippen LogP contribution in [-0.4, -0.2) is 41.5 Å². The van der Waals surface area contributed by atoms with Crippen LogP contribution in [0.25, 0.3) is 11.7 Å². The average Bonchev–Trinajstić information content (AvgIpc) is 2.85. The molecule has 0 N–H and O–H groups in total. The molecule has 0 aromatic carbocycles. The molecule has 0 aliphatic carbocycles. The van der Waals surface area contributed by atoms with E-state index >= 15 is 0 Å². The molecule has 0 radical (unpaired) electrons. The number of hydrogen-bond acceptors (Lipinski definition) is 6. The Kier molecular flexibility index (Phi) is 3.63. The Morgan fingerprint density at radius 2 is 2.25 bits per heavy atom. The van der Waals surface area contributed by atoms with Crippen molar-refractivity contribution in [2.24, 2.45) is 0 Å². The molecule has 2 aromatic rings. The van der Waals surface area contributed by atoms with Crippen LogP contribution in [0.5, 0.6) is 0 Å². The Hall–Kier alpha value is -1.27. The Labute approximate surface area is 97.8 Å². The van der Waals surface area contributed by atoms with Crippen LogP contribution in [0, 0.1) is 0 Å². The second-order valence-corrected chi connectivity index (χ2v) is 4.55. The van der Waals surface area contributed by atoms with Crippen molar-refractivity contribution in [2.75, 3.05) is 26.4 Å². The van der Waals surface area contributed by atoms with Crippen LogP contribution < -0.4 is 0 Å². The maximum atomic E-state index is 5.44. The number of aromatic nitrogens is 2. The zero-order valence-electron chi connectivity index (χ0n) is 9.21. The topological polar surface area (TPSA) is 55.3 Å². The minimum absolute atomic E-state index is 0.428. The highest BCUT2D eigenvalue weighted by Gasteiger charge is 2.10. The molecule has 5 nitrogen and oxygen atoms in total. The first-order valence-corrected chi connectivity index (χ1v) is 5.89. The van der Waals surface area contributed by atoms with Crippen molar-refractivity contribution < 1.29 is 8.83 Å². The van der Waals surface area contributed by atoms with Gasteiger partial charge in [-0.25, -0.2) is 0 Å². The molecule has 0 atom stereocenters. The van der Waals surface area contributed by atoms with E-state index in [9.17, 15) is 0 Å². The highest BCUT2D eigenvalue weighted by molar-refractivity contribution is 7.99. The molecule has 86 valence electrons. The van der Waals surface area contributed by atoms with E-state index < -0.39 is 0 Å². The van der Waals surface area contributed by atoms with Gasteiger partial charge in [0.2, 0.25) is 0 Å². The first-order valence-electron chi connectivity index (χ1n) is 4.90. The number of nitrogens with zero attached hydrogens (tertiary/aromatic N) is 3. The summed E-state index contributed by atoms with van der Waals surface area (Å²) < 4.78 is 10.6. The fourth-order valence-electron chi connectivity index (χ4n) is 1.08. The van der Waals surface area contributed by atoms with Crippen molar-refractivity contribution in [1.82, 2.24) is 15.1 Å². The third-order valence-corrected chi connectivity index (χ3v) is 2.70. The fourth-order valence-corrected chi connectivity index (χ4v) is 1.95. The first kappa shape index (κ1) is 11.2. The van der Waals surface area contributed by atoms with Crippen molar-refractivity contribution >= 4 is 11.8 Å². The van der Waals surface area contributed by atoms with Gasteiger partial charge in [0.15, 0.2) is 5.76 Å². The van der Waals surface area contributed by atoms with Crippen LogP contribution >= 0.6 is 11.8 Å². The molecule has 0 aliphatic heterocycles. The minimum atomic E-state index is 0.428. The predicted molar refractivity (Wildman–Crippen MR) is 61.3 cm³/mol. The summed E-state index contributed by atoms with van der Waals surface area (Å²) >= 11 is 1.54. The van der Waals surface area contributed by atoms with E-state index in [1.165, 1.54) is 0 Å². The van der Waals surface area contributed by atoms with Gasteiger partial charge in [0.25, 0.3) is 11.1 Å². The zero-order valence-corrected chi connectivity index (χ0v) is 10.0. The van der Waals surface area contributed by atoms with Crippen LogP contribution in [0.1, 0.15) is 0 Å². The van der Waals surface area contributed by atoms with Gasteiger partial charge in [0, 0.05) is 12.3 Å². The second kappa shape index (κ2) is 5.18. The van der Waals surface area contributed by atoms with Gasteiger partial charge >= 0.3 is 0 Å². The highest BCUT2D eigenvalue weighted by Crippen LogP contribution is 2.22. The minimum Gasteiger partial charge on any atom is -0.459 e. The number of furan rings is 1. The van der Waals surface area contributed by atoms with Crippen molar-refractivity contribution in [3.63, 3.8) is 0 Å². The Morgan fingerprint density at radius 3 is 2.94 bits per heavy atom. The molecule has 0 aliphatic rings. The van der Waals surface area contributed by atoms with Gasteiger partial charge in [-0.05, 0) is 26.2 Å². The molecule has 2 rings (SSSR count). The summed E-state index contributed by atoms with van der Waals surface area (Å²) in [6.07, 6.45) is 1.58. The summed E-state index contributed by atoms with van der Waals surface area (Å²) in [5.74, 6) is 1.96. The molecule has 0 amide bonds. The van der Waals surface area contributed by atoms with Gasteiger partial charge in [-0.1, -0.05) is 11.8 Å². The molecular formula is C10H13N3O2S. The number of thioether (sulfide) groups is 1. The van der Waals surface area contributed by atoms with Crippen LogP contribution in [-0.2, 0) is 0 Å². The zero-order chi connectivity index (χ0) is 11.4. The quantitative estimate of drug-likeness (QED) is 0.744. The lowest BCUT2D eigenvalue weighted by Crippen LogP contribution is -2.14. The molecule has 2 heterocycles. The monoisotopic (exact) mass is 239 g/mol. The van der Waals surface area contributed by atoms with E-state index in [0.717, 1.165) is 12.3 Å². The van der Waals surface area contributed by atoms with Crippen molar-refractivity contribution in [3.05, 3.63) is 18.4 Å². The van der Waals surface area contributed by atoms with E-state index in [0.29, 0.717) is 16.9 Å². The Balaban J connectivity index is 1.93. The lowest BCUT2D eigenvalue weighted by molar-refractivity contribution is 0.431. The highest BCUT2D eigenvalue weighted by atomic mass is 32.2. The van der Waals surface area contributed by atoms with Gasteiger partial charge in [0.05, 0.1) is 6.26 Å². The SMILES string of the molecule is CN(C)CCSc1nnc(-c2ccco2)o1. The lowest BCUT2D eigenvalue weighted by atomic mass is 10.5. The standard InChI is InChI=1S/C10H13N3O2S/c1-13(2)5-7-16-10-12-11-9(15-10)8-4-3-6-14-8/h3-4,6H,5,7H2,1-2H3.